The van der Waals surface area contributed by atoms with E-state index in [2.05, 4.69) is 17.6 Å². The topological polar surface area (TPSA) is 41.1 Å². The van der Waals surface area contributed by atoms with Crippen LogP contribution in [0.1, 0.15) is 26.2 Å². The summed E-state index contributed by atoms with van der Waals surface area (Å²) in [4.78, 5) is 12.1. The fourth-order valence-electron chi connectivity index (χ4n) is 2.40. The first kappa shape index (κ1) is 12.2. The molecule has 0 bridgehead atoms. The summed E-state index contributed by atoms with van der Waals surface area (Å²) in [6, 6.07) is 0. The van der Waals surface area contributed by atoms with Crippen LogP contribution in [0.15, 0.2) is 0 Å². The van der Waals surface area contributed by atoms with Crippen molar-refractivity contribution in [2.45, 2.75) is 26.2 Å². The third-order valence-electron chi connectivity index (χ3n) is 3.83. The number of carbonyl (C=O) groups excluding carboxylic acids is 1. The first-order chi connectivity index (χ1) is 7.71. The molecule has 2 saturated heterocycles. The zero-order chi connectivity index (χ0) is 11.4. The normalized spacial score (nSPS) is 28.9. The number of hydrogen-bond acceptors (Lipinski definition) is 3. The van der Waals surface area contributed by atoms with E-state index in [0.29, 0.717) is 5.92 Å². The molecular formula is C12H22N2OS. The van der Waals surface area contributed by atoms with E-state index in [1.807, 2.05) is 11.8 Å². The number of hydrogen-bond donors (Lipinski definition) is 2. The minimum Gasteiger partial charge on any atom is -0.355 e. The molecule has 16 heavy (non-hydrogen) atoms. The smallest absolute Gasteiger partial charge is 0.226 e. The second-order valence-electron chi connectivity index (χ2n) is 5.25. The molecule has 2 aliphatic heterocycles. The van der Waals surface area contributed by atoms with Crippen LogP contribution in [0.2, 0.25) is 0 Å². The second-order valence-corrected chi connectivity index (χ2v) is 6.40. The molecule has 2 rings (SSSR count). The molecule has 0 saturated carbocycles. The van der Waals surface area contributed by atoms with Crippen LogP contribution in [0.4, 0.5) is 0 Å². The summed E-state index contributed by atoms with van der Waals surface area (Å²) in [5.74, 6) is 3.46. The van der Waals surface area contributed by atoms with E-state index < -0.39 is 0 Å². The fraction of sp³-hybridized carbons (Fsp3) is 0.917. The SMILES string of the molecule is CC1(C(=O)NCC2CCSC2)CCNCC1. The summed E-state index contributed by atoms with van der Waals surface area (Å²) in [6.45, 7) is 4.94. The van der Waals surface area contributed by atoms with E-state index >= 15 is 0 Å². The predicted molar refractivity (Wildman–Crippen MR) is 68.7 cm³/mol. The Morgan fingerprint density at radius 2 is 2.25 bits per heavy atom. The molecule has 1 unspecified atom stereocenters. The molecule has 2 aliphatic rings. The maximum absolute atomic E-state index is 12.1. The average Bonchev–Trinajstić information content (AvgIpc) is 2.79. The van der Waals surface area contributed by atoms with Crippen molar-refractivity contribution in [2.24, 2.45) is 11.3 Å². The number of amides is 1. The molecule has 2 heterocycles. The van der Waals surface area contributed by atoms with Crippen molar-refractivity contribution in [3.63, 3.8) is 0 Å². The molecule has 0 aromatic carbocycles. The lowest BCUT2D eigenvalue weighted by Crippen LogP contribution is -2.46. The Bertz CT molecular complexity index is 245. The summed E-state index contributed by atoms with van der Waals surface area (Å²) in [5, 5.41) is 6.46. The average molecular weight is 242 g/mol. The highest BCUT2D eigenvalue weighted by atomic mass is 32.2. The zero-order valence-electron chi connectivity index (χ0n) is 10.1. The highest BCUT2D eigenvalue weighted by Gasteiger charge is 2.34. The Labute approximate surface area is 102 Å². The lowest BCUT2D eigenvalue weighted by atomic mass is 9.80. The van der Waals surface area contributed by atoms with Crippen LogP contribution in [0.5, 0.6) is 0 Å². The van der Waals surface area contributed by atoms with Crippen molar-refractivity contribution < 1.29 is 4.79 Å². The van der Waals surface area contributed by atoms with E-state index in [9.17, 15) is 4.79 Å². The number of carbonyl (C=O) groups is 1. The first-order valence-corrected chi connectivity index (χ1v) is 7.43. The Kier molecular flexibility index (Phi) is 4.14. The molecule has 1 amide bonds. The third kappa shape index (κ3) is 2.92. The quantitative estimate of drug-likeness (QED) is 0.782. The number of nitrogens with one attached hydrogen (secondary N) is 2. The molecule has 0 aromatic heterocycles. The van der Waals surface area contributed by atoms with Crippen molar-refractivity contribution in [3.05, 3.63) is 0 Å². The fourth-order valence-corrected chi connectivity index (χ4v) is 3.68. The van der Waals surface area contributed by atoms with Crippen LogP contribution in [-0.2, 0) is 4.79 Å². The summed E-state index contributed by atoms with van der Waals surface area (Å²) in [6.07, 6.45) is 3.21. The van der Waals surface area contributed by atoms with Crippen LogP contribution in [0.25, 0.3) is 0 Å². The Morgan fingerprint density at radius 3 is 2.88 bits per heavy atom. The molecule has 4 heteroatoms. The van der Waals surface area contributed by atoms with Crippen LogP contribution >= 0.6 is 11.8 Å². The van der Waals surface area contributed by atoms with Gasteiger partial charge in [0.25, 0.3) is 0 Å². The van der Waals surface area contributed by atoms with Gasteiger partial charge in [-0.3, -0.25) is 4.79 Å². The van der Waals surface area contributed by atoms with Crippen LogP contribution < -0.4 is 10.6 Å². The minimum absolute atomic E-state index is 0.128. The van der Waals surface area contributed by atoms with Gasteiger partial charge in [0, 0.05) is 12.0 Å². The van der Waals surface area contributed by atoms with Gasteiger partial charge in [0.05, 0.1) is 0 Å². The predicted octanol–water partition coefficient (Wildman–Crippen LogP) is 1.25. The second kappa shape index (κ2) is 5.41. The number of piperidine rings is 1. The van der Waals surface area contributed by atoms with Gasteiger partial charge in [0.1, 0.15) is 0 Å². The van der Waals surface area contributed by atoms with Crippen molar-refractivity contribution in [1.82, 2.24) is 10.6 Å². The first-order valence-electron chi connectivity index (χ1n) is 6.27. The van der Waals surface area contributed by atoms with Crippen molar-refractivity contribution in [3.8, 4) is 0 Å². The van der Waals surface area contributed by atoms with Crippen molar-refractivity contribution in [2.75, 3.05) is 31.1 Å². The summed E-state index contributed by atoms with van der Waals surface area (Å²) >= 11 is 2.01. The molecule has 0 aliphatic carbocycles. The van der Waals surface area contributed by atoms with E-state index in [4.69, 9.17) is 0 Å². The number of thioether (sulfide) groups is 1. The third-order valence-corrected chi connectivity index (χ3v) is 5.06. The summed E-state index contributed by atoms with van der Waals surface area (Å²) < 4.78 is 0. The van der Waals surface area contributed by atoms with Gasteiger partial charge in [-0.2, -0.15) is 11.8 Å². The number of rotatable bonds is 3. The van der Waals surface area contributed by atoms with Gasteiger partial charge in [-0.15, -0.1) is 0 Å². The zero-order valence-corrected chi connectivity index (χ0v) is 10.9. The molecule has 2 N–H and O–H groups in total. The van der Waals surface area contributed by atoms with Crippen molar-refractivity contribution in [1.29, 1.82) is 0 Å². The largest absolute Gasteiger partial charge is 0.355 e. The summed E-state index contributed by atoms with van der Waals surface area (Å²) in [7, 11) is 0. The standard InChI is InChI=1S/C12H22N2OS/c1-12(3-5-13-6-4-12)11(15)14-8-10-2-7-16-9-10/h10,13H,2-9H2,1H3,(H,14,15). The lowest BCUT2D eigenvalue weighted by Gasteiger charge is -2.32. The summed E-state index contributed by atoms with van der Waals surface area (Å²) in [5.41, 5.74) is -0.128. The molecule has 0 aromatic rings. The minimum atomic E-state index is -0.128. The van der Waals surface area contributed by atoms with Gasteiger partial charge < -0.3 is 10.6 Å². The van der Waals surface area contributed by atoms with Crippen molar-refractivity contribution >= 4 is 17.7 Å². The van der Waals surface area contributed by atoms with E-state index in [0.717, 1.165) is 32.5 Å². The maximum Gasteiger partial charge on any atom is 0.226 e. The van der Waals surface area contributed by atoms with Gasteiger partial charge in [0.15, 0.2) is 0 Å². The Balaban J connectivity index is 1.77. The molecule has 92 valence electrons. The van der Waals surface area contributed by atoms with Gasteiger partial charge in [-0.1, -0.05) is 6.92 Å². The van der Waals surface area contributed by atoms with Gasteiger partial charge in [0.2, 0.25) is 5.91 Å². The Hall–Kier alpha value is -0.220. The van der Waals surface area contributed by atoms with E-state index in [1.54, 1.807) is 0 Å². The maximum atomic E-state index is 12.1. The molecule has 3 nitrogen and oxygen atoms in total. The highest BCUT2D eigenvalue weighted by Crippen LogP contribution is 2.28. The molecule has 0 radical (unpaired) electrons. The van der Waals surface area contributed by atoms with Crippen LogP contribution in [0.3, 0.4) is 0 Å². The highest BCUT2D eigenvalue weighted by molar-refractivity contribution is 7.99. The van der Waals surface area contributed by atoms with Crippen LogP contribution in [0, 0.1) is 11.3 Å². The van der Waals surface area contributed by atoms with Crippen LogP contribution in [-0.4, -0.2) is 37.0 Å². The molecule has 2 fully saturated rings. The monoisotopic (exact) mass is 242 g/mol. The molecule has 0 spiro atoms. The van der Waals surface area contributed by atoms with Gasteiger partial charge >= 0.3 is 0 Å². The Morgan fingerprint density at radius 1 is 1.50 bits per heavy atom. The van der Waals surface area contributed by atoms with Gasteiger partial charge in [-0.25, -0.2) is 0 Å². The lowest BCUT2D eigenvalue weighted by molar-refractivity contribution is -0.131. The van der Waals surface area contributed by atoms with E-state index in [1.165, 1.54) is 17.9 Å². The van der Waals surface area contributed by atoms with E-state index in [-0.39, 0.29) is 11.3 Å². The molecular weight excluding hydrogens is 220 g/mol. The molecule has 1 atom stereocenters. The van der Waals surface area contributed by atoms with Gasteiger partial charge in [-0.05, 0) is 49.8 Å².